The molecular formula is C12H23NO. The quantitative estimate of drug-likeness (QED) is 0.745. The van der Waals surface area contributed by atoms with Crippen molar-refractivity contribution >= 4 is 0 Å². The fourth-order valence-corrected chi connectivity index (χ4v) is 3.16. The summed E-state index contributed by atoms with van der Waals surface area (Å²) in [6.07, 6.45) is 7.76. The van der Waals surface area contributed by atoms with Crippen LogP contribution in [0.2, 0.25) is 0 Å². The average molecular weight is 197 g/mol. The van der Waals surface area contributed by atoms with Gasteiger partial charge in [-0.05, 0) is 25.2 Å². The number of aliphatic hydroxyl groups excluding tert-OH is 1. The summed E-state index contributed by atoms with van der Waals surface area (Å²) in [6.45, 7) is 5.13. The summed E-state index contributed by atoms with van der Waals surface area (Å²) >= 11 is 0. The van der Waals surface area contributed by atoms with E-state index in [1.165, 1.54) is 51.6 Å². The first-order chi connectivity index (χ1) is 6.80. The van der Waals surface area contributed by atoms with E-state index in [4.69, 9.17) is 0 Å². The summed E-state index contributed by atoms with van der Waals surface area (Å²) in [5, 5.41) is 9.53. The first-order valence-electron chi connectivity index (χ1n) is 6.16. The van der Waals surface area contributed by atoms with E-state index in [9.17, 15) is 5.11 Å². The summed E-state index contributed by atoms with van der Waals surface area (Å²) in [5.74, 6) is 0.920. The third-order valence-electron chi connectivity index (χ3n) is 4.15. The molecule has 1 aliphatic heterocycles. The van der Waals surface area contributed by atoms with E-state index in [-0.39, 0.29) is 5.54 Å². The Kier molecular flexibility index (Phi) is 3.13. The SMILES string of the molecule is CCCC1CN(C2(CO)CCCC2)C1. The Labute approximate surface area is 87.3 Å². The monoisotopic (exact) mass is 197 g/mol. The van der Waals surface area contributed by atoms with E-state index in [1.54, 1.807) is 0 Å². The highest BCUT2D eigenvalue weighted by atomic mass is 16.3. The summed E-state index contributed by atoms with van der Waals surface area (Å²) in [5.41, 5.74) is 0.199. The molecule has 0 aromatic carbocycles. The average Bonchev–Trinajstić information content (AvgIpc) is 2.60. The second kappa shape index (κ2) is 4.19. The predicted octanol–water partition coefficient (Wildman–Crippen LogP) is 2.02. The Morgan fingerprint density at radius 2 is 1.93 bits per heavy atom. The van der Waals surface area contributed by atoms with Crippen LogP contribution < -0.4 is 0 Å². The summed E-state index contributed by atoms with van der Waals surface area (Å²) in [4.78, 5) is 2.54. The van der Waals surface area contributed by atoms with Gasteiger partial charge in [-0.2, -0.15) is 0 Å². The van der Waals surface area contributed by atoms with E-state index < -0.39 is 0 Å². The van der Waals surface area contributed by atoms with Gasteiger partial charge in [-0.3, -0.25) is 4.90 Å². The second-order valence-corrected chi connectivity index (χ2v) is 5.15. The molecule has 14 heavy (non-hydrogen) atoms. The zero-order valence-corrected chi connectivity index (χ0v) is 9.34. The van der Waals surface area contributed by atoms with Crippen LogP contribution in [0, 0.1) is 5.92 Å². The number of hydrogen-bond donors (Lipinski definition) is 1. The van der Waals surface area contributed by atoms with Gasteiger partial charge in [0.05, 0.1) is 6.61 Å². The summed E-state index contributed by atoms with van der Waals surface area (Å²) < 4.78 is 0. The minimum Gasteiger partial charge on any atom is -0.394 e. The fraction of sp³-hybridized carbons (Fsp3) is 1.00. The van der Waals surface area contributed by atoms with Gasteiger partial charge in [0.25, 0.3) is 0 Å². The van der Waals surface area contributed by atoms with Gasteiger partial charge in [0.1, 0.15) is 0 Å². The molecule has 1 N–H and O–H groups in total. The highest BCUT2D eigenvalue weighted by molar-refractivity contribution is 4.99. The Hall–Kier alpha value is -0.0800. The molecule has 82 valence electrons. The molecule has 0 unspecified atom stereocenters. The van der Waals surface area contributed by atoms with Crippen LogP contribution in [0.5, 0.6) is 0 Å². The molecule has 2 nitrogen and oxygen atoms in total. The molecule has 0 radical (unpaired) electrons. The lowest BCUT2D eigenvalue weighted by Crippen LogP contribution is -2.60. The van der Waals surface area contributed by atoms with Gasteiger partial charge >= 0.3 is 0 Å². The van der Waals surface area contributed by atoms with Crippen LogP contribution >= 0.6 is 0 Å². The molecule has 2 fully saturated rings. The Morgan fingerprint density at radius 3 is 2.43 bits per heavy atom. The molecule has 0 spiro atoms. The van der Waals surface area contributed by atoms with Crippen molar-refractivity contribution in [2.24, 2.45) is 5.92 Å². The molecule has 1 aliphatic carbocycles. The van der Waals surface area contributed by atoms with Crippen LogP contribution in [0.1, 0.15) is 45.4 Å². The van der Waals surface area contributed by atoms with Crippen molar-refractivity contribution in [3.8, 4) is 0 Å². The van der Waals surface area contributed by atoms with Gasteiger partial charge in [0, 0.05) is 18.6 Å². The number of rotatable bonds is 4. The van der Waals surface area contributed by atoms with E-state index in [1.807, 2.05) is 0 Å². The van der Waals surface area contributed by atoms with Gasteiger partial charge in [-0.15, -0.1) is 0 Å². The van der Waals surface area contributed by atoms with E-state index in [0.717, 1.165) is 5.92 Å². The van der Waals surface area contributed by atoms with Crippen molar-refractivity contribution in [2.75, 3.05) is 19.7 Å². The van der Waals surface area contributed by atoms with Gasteiger partial charge in [0.15, 0.2) is 0 Å². The van der Waals surface area contributed by atoms with Gasteiger partial charge < -0.3 is 5.11 Å². The Bertz CT molecular complexity index is 181. The molecule has 2 rings (SSSR count). The summed E-state index contributed by atoms with van der Waals surface area (Å²) in [7, 11) is 0. The predicted molar refractivity (Wildman–Crippen MR) is 58.3 cm³/mol. The number of likely N-dealkylation sites (tertiary alicyclic amines) is 1. The van der Waals surface area contributed by atoms with Gasteiger partial charge in [0.2, 0.25) is 0 Å². The maximum Gasteiger partial charge on any atom is 0.0615 e. The van der Waals surface area contributed by atoms with E-state index in [0.29, 0.717) is 6.61 Å². The molecule has 0 aromatic heterocycles. The van der Waals surface area contributed by atoms with E-state index >= 15 is 0 Å². The molecule has 1 heterocycles. The van der Waals surface area contributed by atoms with Crippen molar-refractivity contribution in [1.29, 1.82) is 0 Å². The van der Waals surface area contributed by atoms with Crippen molar-refractivity contribution < 1.29 is 5.11 Å². The first-order valence-corrected chi connectivity index (χ1v) is 6.16. The van der Waals surface area contributed by atoms with Crippen LogP contribution in [0.25, 0.3) is 0 Å². The maximum absolute atomic E-state index is 9.53. The lowest BCUT2D eigenvalue weighted by Gasteiger charge is -2.50. The van der Waals surface area contributed by atoms with Crippen LogP contribution in [0.3, 0.4) is 0 Å². The van der Waals surface area contributed by atoms with Crippen molar-refractivity contribution in [2.45, 2.75) is 51.0 Å². The van der Waals surface area contributed by atoms with Crippen LogP contribution in [-0.2, 0) is 0 Å². The summed E-state index contributed by atoms with van der Waals surface area (Å²) in [6, 6.07) is 0. The lowest BCUT2D eigenvalue weighted by molar-refractivity contribution is -0.0456. The van der Waals surface area contributed by atoms with Crippen LogP contribution in [0.15, 0.2) is 0 Å². The third-order valence-corrected chi connectivity index (χ3v) is 4.15. The second-order valence-electron chi connectivity index (χ2n) is 5.15. The topological polar surface area (TPSA) is 23.5 Å². The highest BCUT2D eigenvalue weighted by Gasteiger charge is 2.44. The Morgan fingerprint density at radius 1 is 1.29 bits per heavy atom. The number of hydrogen-bond acceptors (Lipinski definition) is 2. The standard InChI is InChI=1S/C12H23NO/c1-2-5-11-8-13(9-11)12(10-14)6-3-4-7-12/h11,14H,2-10H2,1H3. The highest BCUT2D eigenvalue weighted by Crippen LogP contribution is 2.39. The normalized spacial score (nSPS) is 27.9. The smallest absolute Gasteiger partial charge is 0.0615 e. The molecule has 2 aliphatic rings. The molecule has 2 heteroatoms. The minimum absolute atomic E-state index is 0.199. The molecule has 0 aromatic rings. The fourth-order valence-electron chi connectivity index (χ4n) is 3.16. The first kappa shape index (κ1) is 10.4. The van der Waals surface area contributed by atoms with Gasteiger partial charge in [-0.1, -0.05) is 26.2 Å². The molecule has 0 atom stereocenters. The minimum atomic E-state index is 0.199. The van der Waals surface area contributed by atoms with Crippen molar-refractivity contribution in [3.05, 3.63) is 0 Å². The van der Waals surface area contributed by atoms with Gasteiger partial charge in [-0.25, -0.2) is 0 Å². The van der Waals surface area contributed by atoms with Crippen LogP contribution in [0.4, 0.5) is 0 Å². The molecule has 1 saturated heterocycles. The Balaban J connectivity index is 1.84. The maximum atomic E-state index is 9.53. The third kappa shape index (κ3) is 1.70. The van der Waals surface area contributed by atoms with Crippen molar-refractivity contribution in [1.82, 2.24) is 4.90 Å². The molecule has 0 bridgehead atoms. The molecule has 1 saturated carbocycles. The lowest BCUT2D eigenvalue weighted by atomic mass is 9.86. The largest absolute Gasteiger partial charge is 0.394 e. The number of aliphatic hydroxyl groups is 1. The van der Waals surface area contributed by atoms with Crippen molar-refractivity contribution in [3.63, 3.8) is 0 Å². The molecule has 0 amide bonds. The number of nitrogens with zero attached hydrogens (tertiary/aromatic N) is 1. The van der Waals surface area contributed by atoms with Crippen LogP contribution in [-0.4, -0.2) is 35.2 Å². The zero-order chi connectivity index (χ0) is 10.0. The molecular weight excluding hydrogens is 174 g/mol. The van der Waals surface area contributed by atoms with E-state index in [2.05, 4.69) is 11.8 Å². The zero-order valence-electron chi connectivity index (χ0n) is 9.34.